The molecule has 0 aromatic heterocycles. The molecule has 1 fully saturated rings. The lowest BCUT2D eigenvalue weighted by molar-refractivity contribution is -0.0835. The summed E-state index contributed by atoms with van der Waals surface area (Å²) in [7, 11) is 0. The molecule has 2 aromatic carbocycles. The summed E-state index contributed by atoms with van der Waals surface area (Å²) in [5.74, 6) is -1.00. The summed E-state index contributed by atoms with van der Waals surface area (Å²) < 4.78 is 0. The second-order valence-electron chi connectivity index (χ2n) is 7.35. The van der Waals surface area contributed by atoms with Crippen molar-refractivity contribution in [2.24, 2.45) is 0 Å². The van der Waals surface area contributed by atoms with Gasteiger partial charge in [0, 0.05) is 11.5 Å². The van der Waals surface area contributed by atoms with Gasteiger partial charge in [-0.3, -0.25) is 4.79 Å². The Morgan fingerprint density at radius 1 is 0.960 bits per heavy atom. The predicted octanol–water partition coefficient (Wildman–Crippen LogP) is 4.10. The Balaban J connectivity index is 2.05. The van der Waals surface area contributed by atoms with E-state index in [2.05, 4.69) is 0 Å². The number of aliphatic hydroxyl groups is 2. The van der Waals surface area contributed by atoms with Crippen LogP contribution in [0.15, 0.2) is 60.7 Å². The molecule has 2 N–H and O–H groups in total. The van der Waals surface area contributed by atoms with Gasteiger partial charge in [0.1, 0.15) is 5.60 Å². The number of benzene rings is 2. The van der Waals surface area contributed by atoms with E-state index < -0.39 is 17.1 Å². The molecule has 0 bridgehead atoms. The van der Waals surface area contributed by atoms with Gasteiger partial charge in [0.2, 0.25) is 0 Å². The Hall–Kier alpha value is -1.97. The molecule has 0 radical (unpaired) electrons. The van der Waals surface area contributed by atoms with Crippen LogP contribution in [0.3, 0.4) is 0 Å². The largest absolute Gasteiger partial charge is 0.389 e. The monoisotopic (exact) mass is 338 g/mol. The number of carbonyl (C=O) groups excluding carboxylic acids is 1. The molecule has 0 amide bonds. The number of carbonyl (C=O) groups is 1. The highest BCUT2D eigenvalue weighted by atomic mass is 16.3. The van der Waals surface area contributed by atoms with Crippen LogP contribution in [-0.2, 0) is 0 Å². The molecule has 1 aliphatic carbocycles. The van der Waals surface area contributed by atoms with E-state index in [9.17, 15) is 15.0 Å². The molecule has 1 saturated carbocycles. The Bertz CT molecular complexity index is 701. The van der Waals surface area contributed by atoms with Crippen molar-refractivity contribution in [3.05, 3.63) is 71.8 Å². The Morgan fingerprint density at radius 3 is 2.04 bits per heavy atom. The average Bonchev–Trinajstić information content (AvgIpc) is 2.63. The Morgan fingerprint density at radius 2 is 1.48 bits per heavy atom. The minimum atomic E-state index is -1.69. The molecule has 3 heteroatoms. The number of hydrogen-bond acceptors (Lipinski definition) is 3. The van der Waals surface area contributed by atoms with Crippen LogP contribution in [-0.4, -0.2) is 27.2 Å². The zero-order valence-electron chi connectivity index (χ0n) is 14.7. The van der Waals surface area contributed by atoms with Crippen molar-refractivity contribution in [2.45, 2.75) is 56.1 Å². The van der Waals surface area contributed by atoms with Gasteiger partial charge in [-0.25, -0.2) is 0 Å². The van der Waals surface area contributed by atoms with E-state index in [4.69, 9.17) is 0 Å². The van der Waals surface area contributed by atoms with E-state index in [1.165, 1.54) is 0 Å². The fourth-order valence-corrected chi connectivity index (χ4v) is 4.27. The van der Waals surface area contributed by atoms with Crippen LogP contribution in [0, 0.1) is 0 Å². The molecular weight excluding hydrogens is 312 g/mol. The van der Waals surface area contributed by atoms with Crippen LogP contribution in [0.25, 0.3) is 0 Å². The third-order valence-corrected chi connectivity index (χ3v) is 5.45. The minimum absolute atomic E-state index is 0.346. The number of rotatable bonds is 5. The number of Topliss-reactive ketones (excluding diaryl/α,β-unsaturated/α-hetero) is 1. The maximum absolute atomic E-state index is 13.1. The van der Waals surface area contributed by atoms with Gasteiger partial charge in [0.15, 0.2) is 5.78 Å². The van der Waals surface area contributed by atoms with Crippen molar-refractivity contribution in [3.63, 3.8) is 0 Å². The smallest absolute Gasteiger partial charge is 0.194 e. The highest BCUT2D eigenvalue weighted by Gasteiger charge is 2.51. The Labute approximate surface area is 149 Å². The summed E-state index contributed by atoms with van der Waals surface area (Å²) in [6.07, 6.45) is 4.11. The lowest BCUT2D eigenvalue weighted by Gasteiger charge is -2.45. The van der Waals surface area contributed by atoms with Crippen molar-refractivity contribution >= 4 is 5.78 Å². The molecule has 2 atom stereocenters. The van der Waals surface area contributed by atoms with Gasteiger partial charge in [-0.05, 0) is 25.3 Å². The van der Waals surface area contributed by atoms with Gasteiger partial charge in [-0.1, -0.05) is 79.9 Å². The number of hydrogen-bond donors (Lipinski definition) is 2. The SMILES string of the molecule is CC(O)(C(=O)c1ccccc1)C(c1ccccc1)C1(O)CCCCC1. The van der Waals surface area contributed by atoms with E-state index in [1.54, 1.807) is 31.2 Å². The van der Waals surface area contributed by atoms with Crippen molar-refractivity contribution in [2.75, 3.05) is 0 Å². The molecule has 1 aliphatic rings. The maximum atomic E-state index is 13.1. The summed E-state index contributed by atoms with van der Waals surface area (Å²) in [6.45, 7) is 1.55. The zero-order valence-corrected chi connectivity index (χ0v) is 14.7. The minimum Gasteiger partial charge on any atom is -0.389 e. The van der Waals surface area contributed by atoms with Crippen LogP contribution in [0.4, 0.5) is 0 Å². The standard InChI is InChI=1S/C22H26O3/c1-21(24,20(23)18-13-7-3-8-14-18)19(17-11-5-2-6-12-17)22(25)15-9-4-10-16-22/h2-3,5-8,11-14,19,24-25H,4,9-10,15-16H2,1H3. The van der Waals surface area contributed by atoms with Crippen molar-refractivity contribution < 1.29 is 15.0 Å². The maximum Gasteiger partial charge on any atom is 0.194 e. The van der Waals surface area contributed by atoms with Gasteiger partial charge in [0.05, 0.1) is 5.60 Å². The van der Waals surface area contributed by atoms with Crippen molar-refractivity contribution in [1.29, 1.82) is 0 Å². The summed E-state index contributed by atoms with van der Waals surface area (Å²) >= 11 is 0. The first-order valence-corrected chi connectivity index (χ1v) is 9.05. The zero-order chi connectivity index (χ0) is 17.9. The normalized spacial score (nSPS) is 20.4. The Kier molecular flexibility index (Phi) is 5.07. The molecular formula is C22H26O3. The molecule has 132 valence electrons. The first kappa shape index (κ1) is 17.8. The molecule has 0 saturated heterocycles. The van der Waals surface area contributed by atoms with Gasteiger partial charge < -0.3 is 10.2 Å². The fraction of sp³-hybridized carbons (Fsp3) is 0.409. The van der Waals surface area contributed by atoms with E-state index in [0.717, 1.165) is 24.8 Å². The topological polar surface area (TPSA) is 57.5 Å². The van der Waals surface area contributed by atoms with Gasteiger partial charge in [0.25, 0.3) is 0 Å². The third-order valence-electron chi connectivity index (χ3n) is 5.45. The van der Waals surface area contributed by atoms with Gasteiger partial charge >= 0.3 is 0 Å². The molecule has 2 aromatic rings. The summed E-state index contributed by atoms with van der Waals surface area (Å²) in [5, 5.41) is 22.8. The molecule has 25 heavy (non-hydrogen) atoms. The second kappa shape index (κ2) is 7.11. The van der Waals surface area contributed by atoms with Crippen LogP contribution in [0.1, 0.15) is 60.9 Å². The van der Waals surface area contributed by atoms with E-state index in [1.807, 2.05) is 36.4 Å². The summed E-state index contributed by atoms with van der Waals surface area (Å²) in [6, 6.07) is 18.3. The van der Waals surface area contributed by atoms with Crippen molar-refractivity contribution in [1.82, 2.24) is 0 Å². The second-order valence-corrected chi connectivity index (χ2v) is 7.35. The highest BCUT2D eigenvalue weighted by Crippen LogP contribution is 2.46. The van der Waals surface area contributed by atoms with Gasteiger partial charge in [-0.2, -0.15) is 0 Å². The molecule has 2 unspecified atom stereocenters. The lowest BCUT2D eigenvalue weighted by atomic mass is 9.64. The molecule has 3 nitrogen and oxygen atoms in total. The first-order valence-electron chi connectivity index (χ1n) is 9.05. The van der Waals surface area contributed by atoms with Crippen LogP contribution in [0.5, 0.6) is 0 Å². The molecule has 3 rings (SSSR count). The highest BCUT2D eigenvalue weighted by molar-refractivity contribution is 6.02. The summed E-state index contributed by atoms with van der Waals surface area (Å²) in [5.41, 5.74) is -1.49. The average molecular weight is 338 g/mol. The molecule has 0 heterocycles. The van der Waals surface area contributed by atoms with Crippen LogP contribution in [0.2, 0.25) is 0 Å². The summed E-state index contributed by atoms with van der Waals surface area (Å²) in [4.78, 5) is 13.1. The van der Waals surface area contributed by atoms with Crippen LogP contribution < -0.4 is 0 Å². The van der Waals surface area contributed by atoms with Gasteiger partial charge in [-0.15, -0.1) is 0 Å². The number of ketones is 1. The van der Waals surface area contributed by atoms with E-state index in [-0.39, 0.29) is 5.78 Å². The van der Waals surface area contributed by atoms with E-state index >= 15 is 0 Å². The third kappa shape index (κ3) is 3.53. The molecule has 0 aliphatic heterocycles. The quantitative estimate of drug-likeness (QED) is 0.807. The van der Waals surface area contributed by atoms with E-state index in [0.29, 0.717) is 18.4 Å². The molecule has 0 spiro atoms. The van der Waals surface area contributed by atoms with Crippen LogP contribution >= 0.6 is 0 Å². The predicted molar refractivity (Wildman–Crippen MR) is 98.6 cm³/mol. The van der Waals surface area contributed by atoms with Crippen molar-refractivity contribution in [3.8, 4) is 0 Å². The lowest BCUT2D eigenvalue weighted by Crippen LogP contribution is -2.53. The fourth-order valence-electron chi connectivity index (χ4n) is 4.27. The first-order chi connectivity index (χ1) is 12.0.